The fraction of sp³-hybridized carbons (Fsp3) is 0.304. The van der Waals surface area contributed by atoms with Gasteiger partial charge in [-0.1, -0.05) is 18.2 Å². The topological polar surface area (TPSA) is 123 Å². The number of benzene rings is 2. The molecule has 0 radical (unpaired) electrons. The van der Waals surface area contributed by atoms with Crippen LogP contribution in [0.25, 0.3) is 10.9 Å². The molecule has 1 aliphatic rings. The number of nitrogen functional groups attached to an aromatic ring is 1. The summed E-state index contributed by atoms with van der Waals surface area (Å²) in [6.07, 6.45) is -0.198. The van der Waals surface area contributed by atoms with Crippen molar-refractivity contribution in [3.8, 4) is 11.5 Å². The zero-order valence-corrected chi connectivity index (χ0v) is 19.8. The summed E-state index contributed by atoms with van der Waals surface area (Å²) in [5.74, 6) is 1.39. The van der Waals surface area contributed by atoms with Gasteiger partial charge >= 0.3 is 0 Å². The van der Waals surface area contributed by atoms with Crippen molar-refractivity contribution in [3.63, 3.8) is 0 Å². The molecule has 0 spiro atoms. The molecular weight excluding hydrogens is 460 g/mol. The number of rotatable bonds is 6. The molecule has 10 nitrogen and oxygen atoms in total. The molecule has 0 atom stereocenters. The van der Waals surface area contributed by atoms with Gasteiger partial charge in [0.25, 0.3) is 0 Å². The maximum atomic E-state index is 12.6. The van der Waals surface area contributed by atoms with Gasteiger partial charge in [-0.05, 0) is 18.2 Å². The third-order valence-corrected chi connectivity index (χ3v) is 5.50. The van der Waals surface area contributed by atoms with E-state index < -0.39 is 0 Å². The number of para-hydroxylation sites is 1. The largest absolute Gasteiger partial charge is 0.493 e. The lowest BCUT2D eigenvalue weighted by Gasteiger charge is -2.34. The Hall–Kier alpha value is -3.79. The highest BCUT2D eigenvalue weighted by Gasteiger charge is 2.25. The molecule has 2 heterocycles. The van der Waals surface area contributed by atoms with Crippen LogP contribution in [0, 0.1) is 0 Å². The molecule has 3 N–H and O–H groups in total. The van der Waals surface area contributed by atoms with E-state index in [0.29, 0.717) is 66.0 Å². The molecule has 1 saturated heterocycles. The molecular formula is C23H27ClN6O4. The average molecular weight is 487 g/mol. The molecule has 0 aliphatic carbocycles. The van der Waals surface area contributed by atoms with E-state index in [-0.39, 0.29) is 30.6 Å². The number of nitrogens with zero attached hydrogens (tertiary/aromatic N) is 4. The Kier molecular flexibility index (Phi) is 7.95. The Labute approximate surface area is 203 Å². The summed E-state index contributed by atoms with van der Waals surface area (Å²) in [6, 6.07) is 12.6. The molecule has 2 aromatic carbocycles. The van der Waals surface area contributed by atoms with Crippen LogP contribution in [0.1, 0.15) is 6.42 Å². The minimum atomic E-state index is -0.330. The van der Waals surface area contributed by atoms with Gasteiger partial charge in [-0.3, -0.25) is 9.59 Å². The number of amides is 2. The number of nitrogens with two attached hydrogens (primary N) is 1. The number of methoxy groups -OCH3 is 2. The van der Waals surface area contributed by atoms with Crippen LogP contribution in [0.3, 0.4) is 0 Å². The molecule has 4 rings (SSSR count). The summed E-state index contributed by atoms with van der Waals surface area (Å²) in [7, 11) is 3.12. The van der Waals surface area contributed by atoms with Crippen LogP contribution < -0.4 is 25.4 Å². The number of piperazine rings is 1. The van der Waals surface area contributed by atoms with Crippen LogP contribution in [0.4, 0.5) is 17.5 Å². The van der Waals surface area contributed by atoms with Crippen LogP contribution in [-0.4, -0.2) is 67.1 Å². The van der Waals surface area contributed by atoms with Crippen molar-refractivity contribution in [1.82, 2.24) is 14.9 Å². The predicted molar refractivity (Wildman–Crippen MR) is 133 cm³/mol. The zero-order chi connectivity index (χ0) is 23.4. The summed E-state index contributed by atoms with van der Waals surface area (Å²) in [4.78, 5) is 37.5. The van der Waals surface area contributed by atoms with Crippen molar-refractivity contribution in [3.05, 3.63) is 42.5 Å². The molecule has 1 aliphatic heterocycles. The smallest absolute Gasteiger partial charge is 0.233 e. The highest BCUT2D eigenvalue weighted by atomic mass is 35.5. The second kappa shape index (κ2) is 10.9. The number of nitrogens with one attached hydrogen (secondary N) is 1. The lowest BCUT2D eigenvalue weighted by Crippen LogP contribution is -2.49. The maximum Gasteiger partial charge on any atom is 0.233 e. The summed E-state index contributed by atoms with van der Waals surface area (Å²) < 4.78 is 10.7. The minimum Gasteiger partial charge on any atom is -0.493 e. The SMILES string of the molecule is COc1cc2nc(N3CCN(C(=O)CC(=O)Nc4ccccc4)CC3)nc(N)c2cc1OC.Cl. The van der Waals surface area contributed by atoms with E-state index in [2.05, 4.69) is 15.3 Å². The summed E-state index contributed by atoms with van der Waals surface area (Å²) >= 11 is 0. The molecule has 0 bridgehead atoms. The molecule has 0 saturated carbocycles. The molecule has 1 fully saturated rings. The first kappa shape index (κ1) is 24.8. The van der Waals surface area contributed by atoms with Gasteiger partial charge in [0.05, 0.1) is 19.7 Å². The standard InChI is InChI=1S/C23H26N6O4.ClH/c1-32-18-12-16-17(13-19(18)33-2)26-23(27-22(16)24)29-10-8-28(9-11-29)21(31)14-20(30)25-15-6-4-3-5-7-15;/h3-7,12-13H,8-11,14H2,1-2H3,(H,25,30)(H2,24,26,27);1H. The maximum absolute atomic E-state index is 12.6. The molecule has 3 aromatic rings. The van der Waals surface area contributed by atoms with E-state index in [1.165, 1.54) is 0 Å². The van der Waals surface area contributed by atoms with Gasteiger partial charge in [-0.2, -0.15) is 4.98 Å². The number of halogens is 1. The number of hydrogen-bond donors (Lipinski definition) is 2. The van der Waals surface area contributed by atoms with E-state index in [0.717, 1.165) is 0 Å². The number of anilines is 3. The Bertz CT molecular complexity index is 1170. The Morgan fingerprint density at radius 3 is 2.29 bits per heavy atom. The van der Waals surface area contributed by atoms with Crippen LogP contribution >= 0.6 is 12.4 Å². The van der Waals surface area contributed by atoms with Gasteiger partial charge in [0.2, 0.25) is 17.8 Å². The number of carbonyl (C=O) groups excluding carboxylic acids is 2. The van der Waals surface area contributed by atoms with Gasteiger partial charge < -0.3 is 30.3 Å². The van der Waals surface area contributed by atoms with Gasteiger partial charge in [0.1, 0.15) is 12.2 Å². The van der Waals surface area contributed by atoms with Gasteiger partial charge in [0.15, 0.2) is 11.5 Å². The summed E-state index contributed by atoms with van der Waals surface area (Å²) in [6.45, 7) is 1.99. The molecule has 1 aromatic heterocycles. The number of hydrogen-bond acceptors (Lipinski definition) is 8. The van der Waals surface area contributed by atoms with E-state index in [1.807, 2.05) is 23.1 Å². The molecule has 2 amide bonds. The fourth-order valence-electron chi connectivity index (χ4n) is 3.74. The highest BCUT2D eigenvalue weighted by molar-refractivity contribution is 6.03. The van der Waals surface area contributed by atoms with Crippen molar-refractivity contribution in [2.24, 2.45) is 0 Å². The molecule has 34 heavy (non-hydrogen) atoms. The van der Waals surface area contributed by atoms with Gasteiger partial charge in [0, 0.05) is 43.3 Å². The third-order valence-electron chi connectivity index (χ3n) is 5.50. The van der Waals surface area contributed by atoms with Gasteiger partial charge in [-0.15, -0.1) is 12.4 Å². The van der Waals surface area contributed by atoms with Crippen molar-refractivity contribution in [2.45, 2.75) is 6.42 Å². The first-order valence-corrected chi connectivity index (χ1v) is 10.6. The highest BCUT2D eigenvalue weighted by Crippen LogP contribution is 2.34. The summed E-state index contributed by atoms with van der Waals surface area (Å²) in [5.41, 5.74) is 7.50. The number of ether oxygens (including phenoxy) is 2. The Morgan fingerprint density at radius 2 is 1.65 bits per heavy atom. The normalized spacial score (nSPS) is 13.2. The van der Waals surface area contributed by atoms with E-state index in [1.54, 1.807) is 43.4 Å². The first-order valence-electron chi connectivity index (χ1n) is 10.6. The van der Waals surface area contributed by atoms with Crippen LogP contribution in [0.15, 0.2) is 42.5 Å². The van der Waals surface area contributed by atoms with Crippen molar-refractivity contribution in [1.29, 1.82) is 0 Å². The van der Waals surface area contributed by atoms with E-state index in [9.17, 15) is 9.59 Å². The van der Waals surface area contributed by atoms with E-state index >= 15 is 0 Å². The van der Waals surface area contributed by atoms with Crippen LogP contribution in [0.5, 0.6) is 11.5 Å². The summed E-state index contributed by atoms with van der Waals surface area (Å²) in [5, 5.41) is 3.41. The van der Waals surface area contributed by atoms with Crippen molar-refractivity contribution in [2.75, 3.05) is 56.3 Å². The van der Waals surface area contributed by atoms with E-state index in [4.69, 9.17) is 15.2 Å². The lowest BCUT2D eigenvalue weighted by atomic mass is 10.2. The van der Waals surface area contributed by atoms with Gasteiger partial charge in [-0.25, -0.2) is 4.98 Å². The van der Waals surface area contributed by atoms with Crippen molar-refractivity contribution < 1.29 is 19.1 Å². The number of fused-ring (bicyclic) bond motifs is 1. The molecule has 0 unspecified atom stereocenters. The fourth-order valence-corrected chi connectivity index (χ4v) is 3.74. The lowest BCUT2D eigenvalue weighted by molar-refractivity contribution is -0.134. The number of aromatic nitrogens is 2. The Morgan fingerprint density at radius 1 is 1.00 bits per heavy atom. The third kappa shape index (κ3) is 5.40. The second-order valence-corrected chi connectivity index (χ2v) is 7.59. The Balaban J connectivity index is 0.00000324. The van der Waals surface area contributed by atoms with Crippen molar-refractivity contribution >= 4 is 52.6 Å². The second-order valence-electron chi connectivity index (χ2n) is 7.59. The monoisotopic (exact) mass is 486 g/mol. The minimum absolute atomic E-state index is 0. The quantitative estimate of drug-likeness (QED) is 0.509. The predicted octanol–water partition coefficient (Wildman–Crippen LogP) is 2.33. The molecule has 180 valence electrons. The average Bonchev–Trinajstić information content (AvgIpc) is 2.83. The first-order chi connectivity index (χ1) is 16.0. The van der Waals surface area contributed by atoms with Crippen LogP contribution in [-0.2, 0) is 9.59 Å². The number of carbonyl (C=O) groups is 2. The zero-order valence-electron chi connectivity index (χ0n) is 19.0. The molecule has 11 heteroatoms. The van der Waals surface area contributed by atoms with Crippen LogP contribution in [0.2, 0.25) is 0 Å².